The van der Waals surface area contributed by atoms with Gasteiger partial charge in [0.2, 0.25) is 10.9 Å². The van der Waals surface area contributed by atoms with E-state index in [0.717, 1.165) is 33.6 Å². The Morgan fingerprint density at radius 2 is 1.88 bits per heavy atom. The third-order valence-electron chi connectivity index (χ3n) is 4.12. The molecule has 7 heteroatoms. The molecule has 1 aromatic carbocycles. The monoisotopic (exact) mass is 364 g/mol. The number of rotatable bonds is 5. The van der Waals surface area contributed by atoms with Gasteiger partial charge in [-0.25, -0.2) is 18.1 Å². The summed E-state index contributed by atoms with van der Waals surface area (Å²) in [7, 11) is -2.62. The van der Waals surface area contributed by atoms with Crippen LogP contribution in [0.2, 0.25) is 0 Å². The molecule has 6 nitrogen and oxygen atoms in total. The number of hydrogen-bond donors (Lipinski definition) is 2. The van der Waals surface area contributed by atoms with E-state index in [4.69, 9.17) is 0 Å². The molecule has 0 saturated heterocycles. The van der Waals surface area contributed by atoms with E-state index < -0.39 is 10.9 Å². The third-order valence-corrected chi connectivity index (χ3v) is 4.54. The molecule has 0 saturated carbocycles. The molecule has 0 atom stereocenters. The summed E-state index contributed by atoms with van der Waals surface area (Å²) in [5.74, 6) is 0. The Balaban J connectivity index is 1.77. The van der Waals surface area contributed by atoms with E-state index in [2.05, 4.69) is 14.7 Å². The Morgan fingerprint density at radius 3 is 2.77 bits per heavy atom. The summed E-state index contributed by atoms with van der Waals surface area (Å²) in [6.07, 6.45) is 7.45. The first kappa shape index (κ1) is 16.4. The van der Waals surface area contributed by atoms with Crippen molar-refractivity contribution in [3.8, 4) is 22.4 Å². The van der Waals surface area contributed by atoms with Crippen molar-refractivity contribution in [3.05, 3.63) is 78.9 Å². The normalized spacial score (nSPS) is 11.3. The number of nitrogens with zero attached hydrogens (tertiary/aromatic N) is 3. The minimum absolute atomic E-state index is 0.260. The number of benzene rings is 1. The van der Waals surface area contributed by atoms with Crippen LogP contribution in [0.5, 0.6) is 0 Å². The zero-order valence-corrected chi connectivity index (χ0v) is 14.6. The summed E-state index contributed by atoms with van der Waals surface area (Å²) in [6, 6.07) is 15.6. The molecule has 130 valence electrons. The van der Waals surface area contributed by atoms with Crippen LogP contribution >= 0.6 is 0 Å². The minimum atomic E-state index is -2.62. The van der Waals surface area contributed by atoms with E-state index in [1.54, 1.807) is 12.4 Å². The lowest BCUT2D eigenvalue weighted by Gasteiger charge is -2.10. The van der Waals surface area contributed by atoms with Gasteiger partial charge in [-0.1, -0.05) is 24.3 Å². The molecule has 26 heavy (non-hydrogen) atoms. The van der Waals surface area contributed by atoms with Gasteiger partial charge in [0, 0.05) is 48.0 Å². The topological polar surface area (TPSA) is 76.4 Å². The minimum Gasteiger partial charge on any atom is -0.306 e. The molecule has 0 aliphatic carbocycles. The highest BCUT2D eigenvalue weighted by Gasteiger charge is 2.10. The van der Waals surface area contributed by atoms with Crippen LogP contribution in [0.1, 0.15) is 5.56 Å². The van der Waals surface area contributed by atoms with Crippen LogP contribution in [0.25, 0.3) is 28.0 Å². The molecule has 0 fully saturated rings. The Hall–Kier alpha value is -3.03. The summed E-state index contributed by atoms with van der Waals surface area (Å²) >= 11 is 0. The summed E-state index contributed by atoms with van der Waals surface area (Å²) in [6.45, 7) is 0.260. The summed E-state index contributed by atoms with van der Waals surface area (Å²) in [5, 5.41) is 0. The molecule has 1 N–H and O–H groups in total. The van der Waals surface area contributed by atoms with Crippen LogP contribution < -0.4 is 4.72 Å². The maximum absolute atomic E-state index is 10.8. The zero-order chi connectivity index (χ0) is 17.9. The standard InChI is InChI=1S/C19H16N4O2S/c24-26(25)22-12-14-3-1-4-15(11-14)19-17(5-2-8-21-19)16-6-7-18-20-9-10-23(18)13-16/h1-11,13,26H,12H2,(H,22,24,25). The Morgan fingerprint density at radius 1 is 0.962 bits per heavy atom. The van der Waals surface area contributed by atoms with Gasteiger partial charge in [0.15, 0.2) is 0 Å². The van der Waals surface area contributed by atoms with Crippen LogP contribution in [-0.4, -0.2) is 22.8 Å². The van der Waals surface area contributed by atoms with Crippen LogP contribution in [0.3, 0.4) is 0 Å². The van der Waals surface area contributed by atoms with Gasteiger partial charge in [0.05, 0.1) is 5.69 Å². The van der Waals surface area contributed by atoms with Gasteiger partial charge >= 0.3 is 0 Å². The van der Waals surface area contributed by atoms with Gasteiger partial charge in [0.1, 0.15) is 5.65 Å². The molecule has 3 aromatic heterocycles. The van der Waals surface area contributed by atoms with Crippen molar-refractivity contribution in [1.29, 1.82) is 0 Å². The smallest absolute Gasteiger partial charge is 0.201 e. The van der Waals surface area contributed by atoms with Crippen molar-refractivity contribution in [2.45, 2.75) is 6.54 Å². The Kier molecular flexibility index (Phi) is 4.47. The van der Waals surface area contributed by atoms with Crippen LogP contribution in [0.4, 0.5) is 0 Å². The summed E-state index contributed by atoms with van der Waals surface area (Å²) in [5.41, 5.74) is 5.59. The maximum atomic E-state index is 10.8. The fourth-order valence-electron chi connectivity index (χ4n) is 2.93. The predicted molar refractivity (Wildman–Crippen MR) is 101 cm³/mol. The number of pyridine rings is 2. The molecule has 0 amide bonds. The fourth-order valence-corrected chi connectivity index (χ4v) is 3.24. The molecule has 3 heterocycles. The molecule has 4 aromatic rings. The SMILES string of the molecule is O=[SH](=O)NCc1cccc(-c2ncccc2-c2ccc3nccn3c2)c1. The average Bonchev–Trinajstić information content (AvgIpc) is 3.14. The maximum Gasteiger partial charge on any atom is 0.201 e. The van der Waals surface area contributed by atoms with Crippen molar-refractivity contribution in [3.63, 3.8) is 0 Å². The van der Waals surface area contributed by atoms with Crippen molar-refractivity contribution in [2.75, 3.05) is 0 Å². The van der Waals surface area contributed by atoms with Gasteiger partial charge in [-0.05, 0) is 29.8 Å². The molecule has 0 unspecified atom stereocenters. The Bertz CT molecular complexity index is 1140. The second-order valence-electron chi connectivity index (χ2n) is 5.80. The number of thiol groups is 1. The number of imidazole rings is 1. The van der Waals surface area contributed by atoms with Crippen molar-refractivity contribution < 1.29 is 8.42 Å². The van der Waals surface area contributed by atoms with E-state index in [-0.39, 0.29) is 6.54 Å². The van der Waals surface area contributed by atoms with Crippen molar-refractivity contribution in [2.24, 2.45) is 0 Å². The number of aromatic nitrogens is 3. The highest BCUT2D eigenvalue weighted by molar-refractivity contribution is 7.70. The van der Waals surface area contributed by atoms with E-state index in [1.165, 1.54) is 0 Å². The molecule has 4 rings (SSSR count). The third kappa shape index (κ3) is 3.35. The second-order valence-corrected chi connectivity index (χ2v) is 6.63. The number of fused-ring (bicyclic) bond motifs is 1. The highest BCUT2D eigenvalue weighted by atomic mass is 32.2. The molecular formula is C19H16N4O2S. The van der Waals surface area contributed by atoms with Gasteiger partial charge in [-0.15, -0.1) is 0 Å². The molecule has 0 spiro atoms. The molecular weight excluding hydrogens is 348 g/mol. The fraction of sp³-hybridized carbons (Fsp3) is 0.0526. The lowest BCUT2D eigenvalue weighted by atomic mass is 9.99. The first-order valence-electron chi connectivity index (χ1n) is 8.06. The van der Waals surface area contributed by atoms with E-state index in [0.29, 0.717) is 0 Å². The van der Waals surface area contributed by atoms with Gasteiger partial charge < -0.3 is 4.40 Å². The lowest BCUT2D eigenvalue weighted by molar-refractivity contribution is 0.601. The molecule has 0 aliphatic heterocycles. The van der Waals surface area contributed by atoms with Crippen LogP contribution in [0, 0.1) is 0 Å². The Labute approximate surface area is 152 Å². The van der Waals surface area contributed by atoms with E-state index >= 15 is 0 Å². The van der Waals surface area contributed by atoms with Crippen LogP contribution in [-0.2, 0) is 17.4 Å². The zero-order valence-electron chi connectivity index (χ0n) is 13.7. The largest absolute Gasteiger partial charge is 0.306 e. The number of hydrogen-bond acceptors (Lipinski definition) is 4. The quantitative estimate of drug-likeness (QED) is 0.534. The van der Waals surface area contributed by atoms with Gasteiger partial charge in [-0.2, -0.15) is 0 Å². The van der Waals surface area contributed by atoms with Gasteiger partial charge in [0.25, 0.3) is 0 Å². The molecule has 0 aliphatic rings. The van der Waals surface area contributed by atoms with Gasteiger partial charge in [-0.3, -0.25) is 4.98 Å². The van der Waals surface area contributed by atoms with E-state index in [1.807, 2.05) is 65.3 Å². The highest BCUT2D eigenvalue weighted by Crippen LogP contribution is 2.30. The summed E-state index contributed by atoms with van der Waals surface area (Å²) in [4.78, 5) is 8.84. The first-order chi connectivity index (χ1) is 12.7. The van der Waals surface area contributed by atoms with E-state index in [9.17, 15) is 8.42 Å². The molecule has 0 radical (unpaired) electrons. The lowest BCUT2D eigenvalue weighted by Crippen LogP contribution is -2.10. The molecule has 0 bridgehead atoms. The average molecular weight is 364 g/mol. The predicted octanol–water partition coefficient (Wildman–Crippen LogP) is 2.68. The second kappa shape index (κ2) is 7.07. The first-order valence-corrected chi connectivity index (χ1v) is 9.24. The van der Waals surface area contributed by atoms with Crippen molar-refractivity contribution >= 4 is 16.5 Å². The van der Waals surface area contributed by atoms with Crippen molar-refractivity contribution in [1.82, 2.24) is 19.1 Å². The number of nitrogens with one attached hydrogen (secondary N) is 1. The van der Waals surface area contributed by atoms with Crippen LogP contribution in [0.15, 0.2) is 73.3 Å². The summed E-state index contributed by atoms with van der Waals surface area (Å²) < 4.78 is 25.9.